The maximum absolute atomic E-state index is 6.38. The van der Waals surface area contributed by atoms with Gasteiger partial charge in [0, 0.05) is 6.04 Å². The molecule has 0 spiro atoms. The lowest BCUT2D eigenvalue weighted by atomic mass is 9.90. The van der Waals surface area contributed by atoms with Gasteiger partial charge in [0.15, 0.2) is 0 Å². The molecule has 0 heterocycles. The first kappa shape index (κ1) is 12.6. The summed E-state index contributed by atoms with van der Waals surface area (Å²) in [7, 11) is 0. The molecular formula is C16H25N. The zero-order valence-electron chi connectivity index (χ0n) is 11.0. The highest BCUT2D eigenvalue weighted by Crippen LogP contribution is 2.35. The molecule has 0 radical (unpaired) electrons. The Morgan fingerprint density at radius 2 is 2.06 bits per heavy atom. The van der Waals surface area contributed by atoms with Gasteiger partial charge in [-0.3, -0.25) is 0 Å². The predicted octanol–water partition coefficient (Wildman–Crippen LogP) is 4.01. The lowest BCUT2D eigenvalue weighted by Crippen LogP contribution is -2.27. The summed E-state index contributed by atoms with van der Waals surface area (Å²) in [6, 6.07) is 9.21. The van der Waals surface area contributed by atoms with E-state index >= 15 is 0 Å². The largest absolute Gasteiger partial charge is 0.327 e. The molecule has 94 valence electrons. The summed E-state index contributed by atoms with van der Waals surface area (Å²) in [6.45, 7) is 2.26. The van der Waals surface area contributed by atoms with Crippen molar-refractivity contribution in [3.05, 3.63) is 35.4 Å². The molecule has 2 N–H and O–H groups in total. The summed E-state index contributed by atoms with van der Waals surface area (Å²) in [4.78, 5) is 0. The van der Waals surface area contributed by atoms with Gasteiger partial charge in [0.05, 0.1) is 0 Å². The van der Waals surface area contributed by atoms with E-state index in [9.17, 15) is 0 Å². The summed E-state index contributed by atoms with van der Waals surface area (Å²) in [5.74, 6) is 0.618. The Labute approximate surface area is 105 Å². The van der Waals surface area contributed by atoms with Crippen molar-refractivity contribution in [2.45, 2.75) is 63.8 Å². The number of benzene rings is 1. The van der Waals surface area contributed by atoms with Crippen LogP contribution < -0.4 is 5.73 Å². The van der Waals surface area contributed by atoms with E-state index in [0.717, 1.165) is 0 Å². The van der Waals surface area contributed by atoms with Crippen LogP contribution in [0.1, 0.15) is 62.5 Å². The zero-order chi connectivity index (χ0) is 12.1. The first-order valence-electron chi connectivity index (χ1n) is 7.16. The Kier molecular flexibility index (Phi) is 4.61. The number of fused-ring (bicyclic) bond motifs is 1. The molecule has 1 aliphatic rings. The lowest BCUT2D eigenvalue weighted by molar-refractivity contribution is 0.469. The van der Waals surface area contributed by atoms with Crippen LogP contribution in [-0.4, -0.2) is 6.04 Å². The molecule has 0 aromatic heterocycles. The van der Waals surface area contributed by atoms with Gasteiger partial charge in [-0.05, 0) is 36.3 Å². The maximum Gasteiger partial charge on any atom is 0.0108 e. The van der Waals surface area contributed by atoms with Crippen molar-refractivity contribution >= 4 is 0 Å². The van der Waals surface area contributed by atoms with Gasteiger partial charge in [-0.25, -0.2) is 0 Å². The minimum absolute atomic E-state index is 0.371. The van der Waals surface area contributed by atoms with Crippen molar-refractivity contribution in [3.8, 4) is 0 Å². The highest BCUT2D eigenvalue weighted by atomic mass is 14.7. The van der Waals surface area contributed by atoms with Crippen LogP contribution in [0.2, 0.25) is 0 Å². The average molecular weight is 231 g/mol. The number of aryl methyl sites for hydroxylation is 1. The second-order valence-electron chi connectivity index (χ2n) is 5.36. The molecule has 17 heavy (non-hydrogen) atoms. The Balaban J connectivity index is 1.87. The second kappa shape index (κ2) is 6.20. The van der Waals surface area contributed by atoms with Crippen LogP contribution >= 0.6 is 0 Å². The minimum Gasteiger partial charge on any atom is -0.327 e. The highest BCUT2D eigenvalue weighted by Gasteiger charge is 2.26. The standard InChI is InChI=1S/C16H25N/c1-2-3-4-5-10-16(17)15-12-11-13-8-6-7-9-14(13)15/h6-9,15-16H,2-5,10-12,17H2,1H3. The average Bonchev–Trinajstić information content (AvgIpc) is 2.78. The van der Waals surface area contributed by atoms with Crippen LogP contribution in [0.5, 0.6) is 0 Å². The molecule has 1 aromatic rings. The van der Waals surface area contributed by atoms with Crippen molar-refractivity contribution < 1.29 is 0 Å². The van der Waals surface area contributed by atoms with Crippen LogP contribution in [0.4, 0.5) is 0 Å². The van der Waals surface area contributed by atoms with E-state index in [1.165, 1.54) is 56.1 Å². The monoisotopic (exact) mass is 231 g/mol. The molecule has 2 unspecified atom stereocenters. The molecule has 1 aromatic carbocycles. The fourth-order valence-electron chi connectivity index (χ4n) is 3.04. The van der Waals surface area contributed by atoms with E-state index in [0.29, 0.717) is 12.0 Å². The lowest BCUT2D eigenvalue weighted by Gasteiger charge is -2.20. The Bertz CT molecular complexity index is 345. The number of unbranched alkanes of at least 4 members (excludes halogenated alkanes) is 3. The van der Waals surface area contributed by atoms with Gasteiger partial charge in [-0.15, -0.1) is 0 Å². The number of hydrogen-bond acceptors (Lipinski definition) is 1. The van der Waals surface area contributed by atoms with Crippen molar-refractivity contribution in [2.75, 3.05) is 0 Å². The van der Waals surface area contributed by atoms with Crippen LogP contribution in [0, 0.1) is 0 Å². The minimum atomic E-state index is 0.371. The molecule has 0 amide bonds. The third-order valence-corrected chi connectivity index (χ3v) is 4.09. The van der Waals surface area contributed by atoms with Crippen LogP contribution in [-0.2, 0) is 6.42 Å². The van der Waals surface area contributed by atoms with Crippen LogP contribution in [0.3, 0.4) is 0 Å². The number of nitrogens with two attached hydrogens (primary N) is 1. The van der Waals surface area contributed by atoms with Crippen molar-refractivity contribution in [1.82, 2.24) is 0 Å². The van der Waals surface area contributed by atoms with E-state index in [2.05, 4.69) is 31.2 Å². The molecule has 2 atom stereocenters. The van der Waals surface area contributed by atoms with Crippen molar-refractivity contribution in [2.24, 2.45) is 5.73 Å². The van der Waals surface area contributed by atoms with E-state index < -0.39 is 0 Å². The molecule has 1 nitrogen and oxygen atoms in total. The fourth-order valence-corrected chi connectivity index (χ4v) is 3.04. The van der Waals surface area contributed by atoms with Crippen LogP contribution in [0.15, 0.2) is 24.3 Å². The maximum atomic E-state index is 6.38. The van der Waals surface area contributed by atoms with E-state index in [1.807, 2.05) is 0 Å². The van der Waals surface area contributed by atoms with E-state index in [4.69, 9.17) is 5.73 Å². The summed E-state index contributed by atoms with van der Waals surface area (Å²) < 4.78 is 0. The van der Waals surface area contributed by atoms with Gasteiger partial charge >= 0.3 is 0 Å². The predicted molar refractivity (Wildman–Crippen MR) is 74.2 cm³/mol. The third-order valence-electron chi connectivity index (χ3n) is 4.09. The first-order valence-corrected chi connectivity index (χ1v) is 7.16. The van der Waals surface area contributed by atoms with Crippen molar-refractivity contribution in [3.63, 3.8) is 0 Å². The zero-order valence-corrected chi connectivity index (χ0v) is 11.0. The molecule has 1 heteroatoms. The molecule has 0 aliphatic heterocycles. The Hall–Kier alpha value is -0.820. The van der Waals surface area contributed by atoms with Gasteiger partial charge < -0.3 is 5.73 Å². The topological polar surface area (TPSA) is 26.0 Å². The fraction of sp³-hybridized carbons (Fsp3) is 0.625. The smallest absolute Gasteiger partial charge is 0.0108 e. The summed E-state index contributed by atoms with van der Waals surface area (Å²) in [5.41, 5.74) is 9.43. The normalized spacial score (nSPS) is 20.2. The number of rotatable bonds is 6. The van der Waals surface area contributed by atoms with E-state index in [-0.39, 0.29) is 0 Å². The SMILES string of the molecule is CCCCCCC(N)C1CCc2ccccc21. The molecule has 0 saturated heterocycles. The molecule has 0 bridgehead atoms. The van der Waals surface area contributed by atoms with Gasteiger partial charge in [-0.1, -0.05) is 56.9 Å². The van der Waals surface area contributed by atoms with Crippen molar-refractivity contribution in [1.29, 1.82) is 0 Å². The molecule has 1 aliphatic carbocycles. The quantitative estimate of drug-likeness (QED) is 0.735. The van der Waals surface area contributed by atoms with Gasteiger partial charge in [0.1, 0.15) is 0 Å². The molecular weight excluding hydrogens is 206 g/mol. The Morgan fingerprint density at radius 3 is 2.88 bits per heavy atom. The summed E-state index contributed by atoms with van der Waals surface area (Å²) in [6.07, 6.45) is 8.98. The molecule has 0 saturated carbocycles. The molecule has 0 fully saturated rings. The Morgan fingerprint density at radius 1 is 1.24 bits per heavy atom. The van der Waals surface area contributed by atoms with Gasteiger partial charge in [0.2, 0.25) is 0 Å². The third kappa shape index (κ3) is 3.10. The second-order valence-corrected chi connectivity index (χ2v) is 5.36. The van der Waals surface area contributed by atoms with Crippen LogP contribution in [0.25, 0.3) is 0 Å². The highest BCUT2D eigenvalue weighted by molar-refractivity contribution is 5.35. The number of hydrogen-bond donors (Lipinski definition) is 1. The first-order chi connectivity index (χ1) is 8.33. The van der Waals surface area contributed by atoms with Gasteiger partial charge in [-0.2, -0.15) is 0 Å². The summed E-state index contributed by atoms with van der Waals surface area (Å²) in [5, 5.41) is 0. The summed E-state index contributed by atoms with van der Waals surface area (Å²) >= 11 is 0. The van der Waals surface area contributed by atoms with Gasteiger partial charge in [0.25, 0.3) is 0 Å². The van der Waals surface area contributed by atoms with E-state index in [1.54, 1.807) is 0 Å². The molecule has 2 rings (SSSR count).